The van der Waals surface area contributed by atoms with Crippen LogP contribution in [0.25, 0.3) is 0 Å². The maximum absolute atomic E-state index is 4.32. The number of tetrazole rings is 1. The van der Waals surface area contributed by atoms with E-state index in [1.54, 1.807) is 0 Å². The van der Waals surface area contributed by atoms with Crippen molar-refractivity contribution in [3.05, 3.63) is 5.82 Å². The molecule has 6 heteroatoms. The summed E-state index contributed by atoms with van der Waals surface area (Å²) >= 11 is 4.32. The molecular formula is C3H3N5S. The van der Waals surface area contributed by atoms with Gasteiger partial charge in [-0.25, -0.2) is 4.99 Å². The van der Waals surface area contributed by atoms with Crippen molar-refractivity contribution in [2.75, 3.05) is 0 Å². The monoisotopic (exact) mass is 141 g/mol. The lowest BCUT2D eigenvalue weighted by Crippen LogP contribution is -1.82. The van der Waals surface area contributed by atoms with Crippen LogP contribution >= 0.6 is 12.2 Å². The van der Waals surface area contributed by atoms with Crippen LogP contribution in [0.5, 0.6) is 0 Å². The topological polar surface area (TPSA) is 66.8 Å². The molecule has 0 saturated heterocycles. The number of aromatic nitrogens is 4. The molecule has 1 aromatic heterocycles. The first-order chi connectivity index (χ1) is 4.43. The quantitative estimate of drug-likeness (QED) is 0.457. The summed E-state index contributed by atoms with van der Waals surface area (Å²) in [4.78, 5) is 3.59. The molecule has 0 saturated carbocycles. The van der Waals surface area contributed by atoms with Gasteiger partial charge in [0.2, 0.25) is 0 Å². The Kier molecular flexibility index (Phi) is 2.00. The van der Waals surface area contributed by atoms with E-state index in [2.05, 4.69) is 43.0 Å². The maximum atomic E-state index is 4.32. The fourth-order valence-electron chi connectivity index (χ4n) is 0.352. The number of hydrogen-bond acceptors (Lipinski definition) is 5. The Hall–Kier alpha value is -1.13. The Morgan fingerprint density at radius 2 is 2.67 bits per heavy atom. The summed E-state index contributed by atoms with van der Waals surface area (Å²) in [7, 11) is 0. The van der Waals surface area contributed by atoms with Crippen molar-refractivity contribution in [1.29, 1.82) is 0 Å². The third-order valence-electron chi connectivity index (χ3n) is 0.674. The molecule has 1 rings (SSSR count). The highest BCUT2D eigenvalue weighted by atomic mass is 32.1. The zero-order valence-corrected chi connectivity index (χ0v) is 5.22. The van der Waals surface area contributed by atoms with Gasteiger partial charge in [0, 0.05) is 0 Å². The van der Waals surface area contributed by atoms with Gasteiger partial charge in [-0.2, -0.15) is 5.21 Å². The fourth-order valence-corrected chi connectivity index (χ4v) is 0.417. The van der Waals surface area contributed by atoms with E-state index in [1.165, 1.54) is 0 Å². The summed E-state index contributed by atoms with van der Waals surface area (Å²) in [6.07, 6.45) is 0. The van der Waals surface area contributed by atoms with Crippen molar-refractivity contribution >= 4 is 17.4 Å². The molecule has 0 unspecified atom stereocenters. The van der Waals surface area contributed by atoms with Crippen molar-refractivity contribution in [1.82, 2.24) is 20.6 Å². The van der Waals surface area contributed by atoms with Crippen molar-refractivity contribution in [2.24, 2.45) is 4.99 Å². The lowest BCUT2D eigenvalue weighted by atomic mass is 10.6. The second kappa shape index (κ2) is 3.01. The second-order valence-corrected chi connectivity index (χ2v) is 1.42. The van der Waals surface area contributed by atoms with Crippen LogP contribution in [0.2, 0.25) is 0 Å². The summed E-state index contributed by atoms with van der Waals surface area (Å²) in [6, 6.07) is 0. The number of aromatic amines is 1. The summed E-state index contributed by atoms with van der Waals surface area (Å²) in [5.74, 6) is 0.521. The van der Waals surface area contributed by atoms with Crippen LogP contribution in [0, 0.1) is 0 Å². The number of nitrogens with zero attached hydrogens (tertiary/aromatic N) is 4. The van der Waals surface area contributed by atoms with Gasteiger partial charge in [-0.3, -0.25) is 0 Å². The average molecular weight is 141 g/mol. The molecule has 1 heterocycles. The minimum Gasteiger partial charge on any atom is -0.224 e. The van der Waals surface area contributed by atoms with Gasteiger partial charge < -0.3 is 0 Å². The predicted molar refractivity (Wildman–Crippen MR) is 32.9 cm³/mol. The van der Waals surface area contributed by atoms with Crippen molar-refractivity contribution in [2.45, 2.75) is 6.54 Å². The van der Waals surface area contributed by atoms with E-state index in [4.69, 9.17) is 0 Å². The minimum atomic E-state index is 0.347. The Morgan fingerprint density at radius 1 is 1.78 bits per heavy atom. The van der Waals surface area contributed by atoms with Crippen molar-refractivity contribution in [3.63, 3.8) is 0 Å². The molecule has 1 N–H and O–H groups in total. The van der Waals surface area contributed by atoms with Gasteiger partial charge in [0.15, 0.2) is 5.82 Å². The van der Waals surface area contributed by atoms with Crippen LogP contribution in [0.3, 0.4) is 0 Å². The van der Waals surface area contributed by atoms with Crippen LogP contribution in [0.1, 0.15) is 5.82 Å². The molecule has 0 spiro atoms. The highest BCUT2D eigenvalue weighted by Crippen LogP contribution is 1.83. The highest BCUT2D eigenvalue weighted by molar-refractivity contribution is 7.78. The molecule has 0 aliphatic rings. The van der Waals surface area contributed by atoms with Crippen LogP contribution in [-0.4, -0.2) is 25.8 Å². The first kappa shape index (κ1) is 6.00. The Morgan fingerprint density at radius 3 is 3.22 bits per heavy atom. The van der Waals surface area contributed by atoms with E-state index in [-0.39, 0.29) is 0 Å². The van der Waals surface area contributed by atoms with Gasteiger partial charge in [0.1, 0.15) is 6.54 Å². The smallest absolute Gasteiger partial charge is 0.196 e. The zero-order chi connectivity index (χ0) is 6.53. The molecule has 1 aromatic rings. The standard InChI is InChI=1S/C3H3N5S/c9-2-4-1-3-5-7-8-6-3/h1H2,(H,5,6,7,8). The lowest BCUT2D eigenvalue weighted by Gasteiger charge is -1.75. The maximum Gasteiger partial charge on any atom is 0.196 e. The van der Waals surface area contributed by atoms with Gasteiger partial charge in [0.25, 0.3) is 0 Å². The Labute approximate surface area is 56.2 Å². The predicted octanol–water partition coefficient (Wildman–Crippen LogP) is -0.198. The zero-order valence-electron chi connectivity index (χ0n) is 4.40. The SMILES string of the molecule is S=C=NCc1nn[nH]n1. The number of isothiocyanates is 1. The van der Waals surface area contributed by atoms with E-state index >= 15 is 0 Å². The summed E-state index contributed by atoms with van der Waals surface area (Å²) in [5.41, 5.74) is 0. The highest BCUT2D eigenvalue weighted by Gasteiger charge is 1.91. The van der Waals surface area contributed by atoms with Crippen LogP contribution in [-0.2, 0) is 6.54 Å². The molecule has 0 radical (unpaired) electrons. The van der Waals surface area contributed by atoms with Gasteiger partial charge in [0.05, 0.1) is 5.16 Å². The van der Waals surface area contributed by atoms with Gasteiger partial charge >= 0.3 is 0 Å². The largest absolute Gasteiger partial charge is 0.224 e. The number of H-pyrrole nitrogens is 1. The molecule has 0 fully saturated rings. The van der Waals surface area contributed by atoms with E-state index in [9.17, 15) is 0 Å². The Bertz CT molecular complexity index is 210. The number of aliphatic imine (C=N–C) groups is 1. The van der Waals surface area contributed by atoms with Gasteiger partial charge in [-0.1, -0.05) is 5.21 Å². The fraction of sp³-hybridized carbons (Fsp3) is 0.333. The third kappa shape index (κ3) is 1.67. The summed E-state index contributed by atoms with van der Waals surface area (Å²) < 4.78 is 0. The van der Waals surface area contributed by atoms with E-state index < -0.39 is 0 Å². The van der Waals surface area contributed by atoms with Crippen molar-refractivity contribution in [3.8, 4) is 0 Å². The summed E-state index contributed by atoms with van der Waals surface area (Å²) in [5, 5.41) is 15.0. The van der Waals surface area contributed by atoms with E-state index in [1.807, 2.05) is 0 Å². The number of thiocarbonyl (C=S) groups is 1. The number of rotatable bonds is 2. The second-order valence-electron chi connectivity index (χ2n) is 1.24. The van der Waals surface area contributed by atoms with Gasteiger partial charge in [-0.15, -0.1) is 10.2 Å². The summed E-state index contributed by atoms with van der Waals surface area (Å²) in [6.45, 7) is 0.347. The molecule has 0 aromatic carbocycles. The molecule has 0 atom stereocenters. The van der Waals surface area contributed by atoms with Gasteiger partial charge in [-0.05, 0) is 12.2 Å². The molecular weight excluding hydrogens is 138 g/mol. The first-order valence-corrected chi connectivity index (χ1v) is 2.60. The molecule has 5 nitrogen and oxygen atoms in total. The molecule has 0 aliphatic heterocycles. The minimum absolute atomic E-state index is 0.347. The third-order valence-corrected chi connectivity index (χ3v) is 0.803. The Balaban J connectivity index is 2.57. The lowest BCUT2D eigenvalue weighted by molar-refractivity contribution is 0.881. The molecule has 0 bridgehead atoms. The molecule has 46 valence electrons. The first-order valence-electron chi connectivity index (χ1n) is 2.19. The van der Waals surface area contributed by atoms with Crippen LogP contribution in [0.4, 0.5) is 0 Å². The normalized spacial score (nSPS) is 8.44. The van der Waals surface area contributed by atoms with Crippen LogP contribution in [0.15, 0.2) is 4.99 Å². The van der Waals surface area contributed by atoms with Crippen LogP contribution < -0.4 is 0 Å². The molecule has 0 aliphatic carbocycles. The van der Waals surface area contributed by atoms with E-state index in [0.717, 1.165) is 0 Å². The molecule has 0 amide bonds. The van der Waals surface area contributed by atoms with E-state index in [0.29, 0.717) is 12.4 Å². The number of nitrogens with one attached hydrogen (secondary N) is 1. The average Bonchev–Trinajstić information content (AvgIpc) is 2.34. The van der Waals surface area contributed by atoms with Crippen molar-refractivity contribution < 1.29 is 0 Å². The molecule has 9 heavy (non-hydrogen) atoms. The number of hydrogen-bond donors (Lipinski definition) is 1.